The molecule has 10 aromatic carbocycles. The maximum Gasteiger partial charge on any atom is 0.164 e. The molecule has 13 rings (SSSR count). The molecule has 288 valence electrons. The van der Waals surface area contributed by atoms with Crippen molar-refractivity contribution in [3.63, 3.8) is 0 Å². The number of rotatable bonds is 5. The van der Waals surface area contributed by atoms with E-state index in [1.165, 1.54) is 54.1 Å². The SMILES string of the molecule is c1ccc(-c2nc(-c3ccccc3)nc(-c3cccc4c(-n5c6ccccc6c6cc7cccc(-n8c9ccccc9c9ccc%10ccccc%10c98)c7cc65)cccc34)n2)cc1. The van der Waals surface area contributed by atoms with Crippen LogP contribution < -0.4 is 0 Å². The van der Waals surface area contributed by atoms with Crippen LogP contribution in [0.4, 0.5) is 0 Å². The number of aromatic nitrogens is 5. The van der Waals surface area contributed by atoms with Gasteiger partial charge in [0.1, 0.15) is 0 Å². The normalized spacial score (nSPS) is 11.9. The Kier molecular flexibility index (Phi) is 7.54. The molecule has 0 unspecified atom stereocenters. The van der Waals surface area contributed by atoms with E-state index < -0.39 is 0 Å². The number of hydrogen-bond acceptors (Lipinski definition) is 3. The number of fused-ring (bicyclic) bond motifs is 10. The molecule has 0 saturated carbocycles. The Morgan fingerprint density at radius 2 is 0.806 bits per heavy atom. The minimum atomic E-state index is 0.636. The number of nitrogens with zero attached hydrogens (tertiary/aromatic N) is 5. The smallest absolute Gasteiger partial charge is 0.164 e. The highest BCUT2D eigenvalue weighted by Gasteiger charge is 2.21. The monoisotopic (exact) mass is 789 g/mol. The van der Waals surface area contributed by atoms with Gasteiger partial charge in [-0.1, -0.05) is 176 Å². The number of benzene rings is 10. The van der Waals surface area contributed by atoms with Gasteiger partial charge in [0.25, 0.3) is 0 Å². The molecule has 0 spiro atoms. The molecule has 0 N–H and O–H groups in total. The summed E-state index contributed by atoms with van der Waals surface area (Å²) in [6, 6.07) is 75.8. The van der Waals surface area contributed by atoms with Crippen LogP contribution in [0.15, 0.2) is 212 Å². The van der Waals surface area contributed by atoms with Gasteiger partial charge in [0.05, 0.1) is 33.4 Å². The molecule has 0 bridgehead atoms. The highest BCUT2D eigenvalue weighted by molar-refractivity contribution is 6.20. The van der Waals surface area contributed by atoms with Crippen LogP contribution in [-0.2, 0) is 0 Å². The van der Waals surface area contributed by atoms with E-state index in [4.69, 9.17) is 15.0 Å². The molecule has 5 nitrogen and oxygen atoms in total. The summed E-state index contributed by atoms with van der Waals surface area (Å²) in [5.41, 5.74) is 9.80. The van der Waals surface area contributed by atoms with E-state index in [0.29, 0.717) is 17.5 Å². The minimum absolute atomic E-state index is 0.636. The third kappa shape index (κ3) is 5.18. The molecule has 0 atom stereocenters. The lowest BCUT2D eigenvalue weighted by Gasteiger charge is -2.16. The largest absolute Gasteiger partial charge is 0.309 e. The molecule has 3 heterocycles. The van der Waals surface area contributed by atoms with E-state index in [-0.39, 0.29) is 0 Å². The second kappa shape index (κ2) is 13.6. The van der Waals surface area contributed by atoms with Crippen molar-refractivity contribution in [3.05, 3.63) is 212 Å². The van der Waals surface area contributed by atoms with Gasteiger partial charge >= 0.3 is 0 Å². The molecule has 0 aliphatic rings. The Morgan fingerprint density at radius 3 is 1.55 bits per heavy atom. The Balaban J connectivity index is 1.08. The first-order valence-corrected chi connectivity index (χ1v) is 21.0. The van der Waals surface area contributed by atoms with Crippen molar-refractivity contribution in [2.45, 2.75) is 0 Å². The zero-order chi connectivity index (χ0) is 40.7. The lowest BCUT2D eigenvalue weighted by Crippen LogP contribution is -2.01. The van der Waals surface area contributed by atoms with Crippen LogP contribution in [-0.4, -0.2) is 24.1 Å². The van der Waals surface area contributed by atoms with E-state index in [2.05, 4.69) is 185 Å². The standard InChI is InChI=1S/C57H35N5/c1-3-17-37(18-4-1)55-58-56(38-19-5-2-6-20-38)60-57(59-55)46-27-14-26-42-41(46)25-15-31-50(42)61-49-28-11-10-24-44(49)48-34-39-21-13-30-52(47(39)35-53(48)61)62-51-29-12-9-23-43(51)45-33-32-36-16-7-8-22-40(36)54(45)62/h1-35H. The van der Waals surface area contributed by atoms with Gasteiger partial charge < -0.3 is 9.13 Å². The summed E-state index contributed by atoms with van der Waals surface area (Å²) in [4.78, 5) is 15.3. The van der Waals surface area contributed by atoms with E-state index in [1.807, 2.05) is 36.4 Å². The highest BCUT2D eigenvalue weighted by Crippen LogP contribution is 2.42. The highest BCUT2D eigenvalue weighted by atomic mass is 15.0. The Bertz CT molecular complexity index is 3860. The quantitative estimate of drug-likeness (QED) is 0.174. The maximum atomic E-state index is 5.14. The minimum Gasteiger partial charge on any atom is -0.309 e. The number of para-hydroxylation sites is 2. The van der Waals surface area contributed by atoms with Crippen LogP contribution in [0.2, 0.25) is 0 Å². The predicted octanol–water partition coefficient (Wildman–Crippen LogP) is 14.5. The summed E-state index contributed by atoms with van der Waals surface area (Å²) in [7, 11) is 0. The van der Waals surface area contributed by atoms with Gasteiger partial charge in [-0.2, -0.15) is 0 Å². The van der Waals surface area contributed by atoms with Crippen molar-refractivity contribution in [2.24, 2.45) is 0 Å². The molecule has 13 aromatic rings. The molecule has 3 aromatic heterocycles. The molecular weight excluding hydrogens is 755 g/mol. The fourth-order valence-corrected chi connectivity index (χ4v) is 9.77. The zero-order valence-electron chi connectivity index (χ0n) is 33.4. The van der Waals surface area contributed by atoms with Gasteiger partial charge in [0.15, 0.2) is 17.5 Å². The molecule has 0 aliphatic heterocycles. The van der Waals surface area contributed by atoms with Crippen molar-refractivity contribution in [1.82, 2.24) is 24.1 Å². The number of hydrogen-bond donors (Lipinski definition) is 0. The summed E-state index contributed by atoms with van der Waals surface area (Å²) in [5.74, 6) is 1.92. The second-order valence-electron chi connectivity index (χ2n) is 16.0. The fraction of sp³-hybridized carbons (Fsp3) is 0. The van der Waals surface area contributed by atoms with Crippen LogP contribution in [0, 0.1) is 0 Å². The van der Waals surface area contributed by atoms with Crippen molar-refractivity contribution in [1.29, 1.82) is 0 Å². The molecule has 0 radical (unpaired) electrons. The molecular formula is C57H35N5. The summed E-state index contributed by atoms with van der Waals surface area (Å²) in [6.07, 6.45) is 0. The first-order valence-electron chi connectivity index (χ1n) is 21.0. The van der Waals surface area contributed by atoms with Gasteiger partial charge in [-0.05, 0) is 52.6 Å². The van der Waals surface area contributed by atoms with Crippen LogP contribution in [0.25, 0.3) is 121 Å². The molecule has 0 aliphatic carbocycles. The molecule has 5 heteroatoms. The topological polar surface area (TPSA) is 48.5 Å². The molecule has 0 fully saturated rings. The molecule has 0 saturated heterocycles. The Labute approximate surface area is 356 Å². The first kappa shape index (κ1) is 34.5. The summed E-state index contributed by atoms with van der Waals surface area (Å²) in [5, 5.41) is 12.0. The van der Waals surface area contributed by atoms with Gasteiger partial charge in [0, 0.05) is 54.4 Å². The average Bonchev–Trinajstić information content (AvgIpc) is 3.85. The third-order valence-electron chi connectivity index (χ3n) is 12.5. The lowest BCUT2D eigenvalue weighted by atomic mass is 10.0. The molecule has 62 heavy (non-hydrogen) atoms. The van der Waals surface area contributed by atoms with Crippen LogP contribution in [0.1, 0.15) is 0 Å². The Hall–Kier alpha value is -8.41. The second-order valence-corrected chi connectivity index (χ2v) is 16.0. The van der Waals surface area contributed by atoms with Crippen molar-refractivity contribution < 1.29 is 0 Å². The van der Waals surface area contributed by atoms with E-state index in [9.17, 15) is 0 Å². The Morgan fingerprint density at radius 1 is 0.274 bits per heavy atom. The fourth-order valence-electron chi connectivity index (χ4n) is 9.77. The van der Waals surface area contributed by atoms with Crippen molar-refractivity contribution >= 4 is 75.9 Å². The van der Waals surface area contributed by atoms with Crippen LogP contribution in [0.5, 0.6) is 0 Å². The van der Waals surface area contributed by atoms with Gasteiger partial charge in [-0.3, -0.25) is 0 Å². The van der Waals surface area contributed by atoms with E-state index in [0.717, 1.165) is 49.9 Å². The summed E-state index contributed by atoms with van der Waals surface area (Å²) in [6.45, 7) is 0. The third-order valence-corrected chi connectivity index (χ3v) is 12.5. The van der Waals surface area contributed by atoms with Crippen molar-refractivity contribution in [2.75, 3.05) is 0 Å². The van der Waals surface area contributed by atoms with Crippen molar-refractivity contribution in [3.8, 4) is 45.5 Å². The maximum absolute atomic E-state index is 5.14. The van der Waals surface area contributed by atoms with E-state index in [1.54, 1.807) is 0 Å². The van der Waals surface area contributed by atoms with E-state index >= 15 is 0 Å². The van der Waals surface area contributed by atoms with Crippen LogP contribution in [0.3, 0.4) is 0 Å². The lowest BCUT2D eigenvalue weighted by molar-refractivity contribution is 1.08. The van der Waals surface area contributed by atoms with Gasteiger partial charge in [-0.15, -0.1) is 0 Å². The predicted molar refractivity (Wildman–Crippen MR) is 257 cm³/mol. The first-order chi connectivity index (χ1) is 30.8. The molecule has 0 amide bonds. The van der Waals surface area contributed by atoms with Crippen LogP contribution >= 0.6 is 0 Å². The summed E-state index contributed by atoms with van der Waals surface area (Å²) < 4.78 is 4.94. The van der Waals surface area contributed by atoms with Gasteiger partial charge in [-0.25, -0.2) is 15.0 Å². The zero-order valence-corrected chi connectivity index (χ0v) is 33.4. The summed E-state index contributed by atoms with van der Waals surface area (Å²) >= 11 is 0. The van der Waals surface area contributed by atoms with Gasteiger partial charge in [0.2, 0.25) is 0 Å². The average molecular weight is 790 g/mol.